The maximum Gasteiger partial charge on any atom is 0.407 e. The van der Waals surface area contributed by atoms with Gasteiger partial charge in [0.15, 0.2) is 5.78 Å². The largest absolute Gasteiger partial charge is 0.443 e. The zero-order valence-corrected chi connectivity index (χ0v) is 18.4. The van der Waals surface area contributed by atoms with Gasteiger partial charge in [-0.25, -0.2) is 4.79 Å². The van der Waals surface area contributed by atoms with E-state index < -0.39 is 58.5 Å². The van der Waals surface area contributed by atoms with Crippen molar-refractivity contribution >= 4 is 11.9 Å². The highest BCUT2D eigenvalue weighted by molar-refractivity contribution is 5.89. The van der Waals surface area contributed by atoms with Crippen LogP contribution in [0.4, 0.5) is 4.79 Å². The SMILES string of the molecule is C=C[C@@H](C)CC(=O)[C@@]1(O)[C@@H](C)[C@@H](OC(=O)NC)[C@@H](O)[C@H]2C(C)(C)CC[C@H](O)[C@@]21C. The van der Waals surface area contributed by atoms with Crippen molar-refractivity contribution in [1.29, 1.82) is 0 Å². The molecule has 7 heteroatoms. The van der Waals surface area contributed by atoms with Gasteiger partial charge in [-0.1, -0.05) is 40.7 Å². The summed E-state index contributed by atoms with van der Waals surface area (Å²) in [6.45, 7) is 12.7. The van der Waals surface area contributed by atoms with E-state index >= 15 is 0 Å². The molecule has 2 fully saturated rings. The summed E-state index contributed by atoms with van der Waals surface area (Å²) in [6.07, 6.45) is -1.24. The van der Waals surface area contributed by atoms with Gasteiger partial charge < -0.3 is 25.4 Å². The third-order valence-corrected chi connectivity index (χ3v) is 7.68. The number of rotatable bonds is 5. The molecule has 7 nitrogen and oxygen atoms in total. The Morgan fingerprint density at radius 3 is 2.41 bits per heavy atom. The fourth-order valence-electron chi connectivity index (χ4n) is 5.94. The predicted octanol–water partition coefficient (Wildman–Crippen LogP) is 2.04. The first-order valence-corrected chi connectivity index (χ1v) is 10.4. The monoisotopic (exact) mass is 411 g/mol. The molecule has 0 aliphatic heterocycles. The lowest BCUT2D eigenvalue weighted by Gasteiger charge is -2.66. The van der Waals surface area contributed by atoms with Gasteiger partial charge in [0, 0.05) is 30.7 Å². The van der Waals surface area contributed by atoms with Crippen molar-refractivity contribution in [3.05, 3.63) is 12.7 Å². The van der Waals surface area contributed by atoms with Gasteiger partial charge >= 0.3 is 6.09 Å². The van der Waals surface area contributed by atoms with Crippen molar-refractivity contribution < 1.29 is 29.6 Å². The van der Waals surface area contributed by atoms with E-state index in [0.29, 0.717) is 12.8 Å². The molecule has 0 heterocycles. The summed E-state index contributed by atoms with van der Waals surface area (Å²) in [5, 5.41) is 36.7. The van der Waals surface area contributed by atoms with Gasteiger partial charge in [-0.3, -0.25) is 4.79 Å². The lowest BCUT2D eigenvalue weighted by molar-refractivity contribution is -0.291. The number of fused-ring (bicyclic) bond motifs is 1. The number of ether oxygens (including phenoxy) is 1. The van der Waals surface area contributed by atoms with E-state index in [2.05, 4.69) is 11.9 Å². The normalized spacial score (nSPS) is 42.3. The summed E-state index contributed by atoms with van der Waals surface area (Å²) in [4.78, 5) is 25.4. The van der Waals surface area contributed by atoms with E-state index in [9.17, 15) is 24.9 Å². The topological polar surface area (TPSA) is 116 Å². The van der Waals surface area contributed by atoms with Gasteiger partial charge in [-0.2, -0.15) is 0 Å². The Morgan fingerprint density at radius 1 is 1.31 bits per heavy atom. The molecule has 166 valence electrons. The minimum atomic E-state index is -1.98. The van der Waals surface area contributed by atoms with Crippen LogP contribution in [0.25, 0.3) is 0 Å². The van der Waals surface area contributed by atoms with Crippen molar-refractivity contribution in [1.82, 2.24) is 5.32 Å². The molecule has 0 aromatic carbocycles. The predicted molar refractivity (Wildman–Crippen MR) is 109 cm³/mol. The molecular formula is C22H37NO6. The van der Waals surface area contributed by atoms with Crippen molar-refractivity contribution in [2.75, 3.05) is 7.05 Å². The molecule has 0 spiro atoms. The molecule has 0 radical (unpaired) electrons. The number of Topliss-reactive ketones (excluding diaryl/α,β-unsaturated/α-hetero) is 1. The Labute approximate surface area is 173 Å². The third kappa shape index (κ3) is 3.51. The minimum absolute atomic E-state index is 0.0442. The number of amides is 1. The smallest absolute Gasteiger partial charge is 0.407 e. The second-order valence-corrected chi connectivity index (χ2v) is 9.81. The number of aliphatic hydroxyl groups excluding tert-OH is 2. The molecule has 1 amide bonds. The van der Waals surface area contributed by atoms with E-state index in [0.717, 1.165) is 0 Å². The highest BCUT2D eigenvalue weighted by Crippen LogP contribution is 2.63. The molecule has 0 saturated heterocycles. The maximum atomic E-state index is 13.5. The Morgan fingerprint density at radius 2 is 1.90 bits per heavy atom. The van der Waals surface area contributed by atoms with E-state index in [1.54, 1.807) is 19.9 Å². The van der Waals surface area contributed by atoms with Gasteiger partial charge in [-0.05, 0) is 24.2 Å². The third-order valence-electron chi connectivity index (χ3n) is 7.68. The van der Waals surface area contributed by atoms with Gasteiger partial charge in [-0.15, -0.1) is 6.58 Å². The first-order chi connectivity index (χ1) is 13.3. The number of carbonyl (C=O) groups excluding carboxylic acids is 2. The van der Waals surface area contributed by atoms with Crippen LogP contribution >= 0.6 is 0 Å². The first-order valence-electron chi connectivity index (χ1n) is 10.4. The van der Waals surface area contributed by atoms with E-state index in [1.807, 2.05) is 20.8 Å². The zero-order chi connectivity index (χ0) is 22.4. The van der Waals surface area contributed by atoms with Crippen molar-refractivity contribution in [3.8, 4) is 0 Å². The zero-order valence-electron chi connectivity index (χ0n) is 18.4. The lowest BCUT2D eigenvalue weighted by Crippen LogP contribution is -2.77. The Kier molecular flexibility index (Phi) is 6.58. The molecular weight excluding hydrogens is 374 g/mol. The molecule has 2 rings (SSSR count). The summed E-state index contributed by atoms with van der Waals surface area (Å²) < 4.78 is 5.45. The minimum Gasteiger partial charge on any atom is -0.443 e. The van der Waals surface area contributed by atoms with Crippen LogP contribution in [0.15, 0.2) is 12.7 Å². The number of nitrogens with one attached hydrogen (secondary N) is 1. The summed E-state index contributed by atoms with van der Waals surface area (Å²) >= 11 is 0. The van der Waals surface area contributed by atoms with E-state index in [-0.39, 0.29) is 12.3 Å². The van der Waals surface area contributed by atoms with Crippen molar-refractivity contribution in [2.45, 2.75) is 77.8 Å². The van der Waals surface area contributed by atoms with Crippen LogP contribution in [0.3, 0.4) is 0 Å². The second-order valence-electron chi connectivity index (χ2n) is 9.81. The number of hydrogen-bond acceptors (Lipinski definition) is 6. The number of hydrogen-bond donors (Lipinski definition) is 4. The number of carbonyl (C=O) groups is 2. The molecule has 2 aliphatic carbocycles. The Hall–Kier alpha value is -1.44. The van der Waals surface area contributed by atoms with Crippen LogP contribution in [-0.4, -0.2) is 58.2 Å². The van der Waals surface area contributed by atoms with Gasteiger partial charge in [0.25, 0.3) is 0 Å². The van der Waals surface area contributed by atoms with E-state index in [4.69, 9.17) is 4.74 Å². The number of ketones is 1. The van der Waals surface area contributed by atoms with Gasteiger partial charge in [0.2, 0.25) is 0 Å². The fraction of sp³-hybridized carbons (Fsp3) is 0.818. The molecule has 2 aliphatic rings. The highest BCUT2D eigenvalue weighted by atomic mass is 16.6. The number of aliphatic hydroxyl groups is 3. The first kappa shape index (κ1) is 23.8. The summed E-state index contributed by atoms with van der Waals surface area (Å²) in [6, 6.07) is 0. The van der Waals surface area contributed by atoms with Crippen molar-refractivity contribution in [2.24, 2.45) is 28.6 Å². The van der Waals surface area contributed by atoms with Crippen LogP contribution in [0.1, 0.15) is 53.9 Å². The van der Waals surface area contributed by atoms with E-state index in [1.165, 1.54) is 7.05 Å². The molecule has 0 bridgehead atoms. The standard InChI is InChI=1S/C22H37NO6/c1-8-12(2)11-15(25)22(28)13(3)17(29-19(27)23-7)16(26)18-20(4,5)10-9-14(24)21(18,22)6/h8,12-14,16-18,24,26,28H,1,9-11H2,2-7H3,(H,23,27)/t12-,13+,14+,16-,17-,18+,21+,22+/m1/s1. The summed E-state index contributed by atoms with van der Waals surface area (Å²) in [7, 11) is 1.41. The number of alkyl carbamates (subject to hydrolysis) is 1. The van der Waals surface area contributed by atoms with Crippen LogP contribution < -0.4 is 5.32 Å². The molecule has 4 N–H and O–H groups in total. The summed E-state index contributed by atoms with van der Waals surface area (Å²) in [5.41, 5.74) is -3.77. The van der Waals surface area contributed by atoms with Crippen LogP contribution in [-0.2, 0) is 9.53 Å². The van der Waals surface area contributed by atoms with Crippen LogP contribution in [0.5, 0.6) is 0 Å². The fourth-order valence-corrected chi connectivity index (χ4v) is 5.94. The van der Waals surface area contributed by atoms with Gasteiger partial charge in [0.1, 0.15) is 11.7 Å². The highest BCUT2D eigenvalue weighted by Gasteiger charge is 2.73. The molecule has 2 saturated carbocycles. The molecule has 0 unspecified atom stereocenters. The second kappa shape index (κ2) is 8.00. The van der Waals surface area contributed by atoms with Crippen LogP contribution in [0.2, 0.25) is 0 Å². The Balaban J connectivity index is 2.67. The van der Waals surface area contributed by atoms with Crippen LogP contribution in [0, 0.1) is 28.6 Å². The number of allylic oxidation sites excluding steroid dienone is 1. The molecule has 0 aromatic heterocycles. The van der Waals surface area contributed by atoms with Gasteiger partial charge in [0.05, 0.1) is 12.2 Å². The quantitative estimate of drug-likeness (QED) is 0.515. The maximum absolute atomic E-state index is 13.5. The Bertz CT molecular complexity index is 664. The van der Waals surface area contributed by atoms with Crippen molar-refractivity contribution in [3.63, 3.8) is 0 Å². The molecule has 0 aromatic rings. The molecule has 29 heavy (non-hydrogen) atoms. The summed E-state index contributed by atoms with van der Waals surface area (Å²) in [5.74, 6) is -2.17. The average Bonchev–Trinajstić information content (AvgIpc) is 2.66. The average molecular weight is 412 g/mol. The molecule has 8 atom stereocenters. The lowest BCUT2D eigenvalue weighted by atomic mass is 9.41.